The Labute approximate surface area is 172 Å². The zero-order chi connectivity index (χ0) is 20.4. The normalized spacial score (nSPS) is 10.6. The molecule has 6 nitrogen and oxygen atoms in total. The zero-order valence-electron chi connectivity index (χ0n) is 15.4. The number of ketones is 1. The van der Waals surface area contributed by atoms with Crippen LogP contribution >= 0.6 is 23.2 Å². The second-order valence-corrected chi connectivity index (χ2v) is 7.04. The number of benzene rings is 2. The Morgan fingerprint density at radius 3 is 2.36 bits per heavy atom. The van der Waals surface area contributed by atoms with E-state index in [-0.39, 0.29) is 17.2 Å². The van der Waals surface area contributed by atoms with Gasteiger partial charge < -0.3 is 4.74 Å². The first kappa shape index (κ1) is 19.9. The van der Waals surface area contributed by atoms with Crippen molar-refractivity contribution in [1.82, 2.24) is 9.78 Å². The minimum Gasteiger partial charge on any atom is -0.390 e. The van der Waals surface area contributed by atoms with Gasteiger partial charge in [0, 0.05) is 18.3 Å². The van der Waals surface area contributed by atoms with Crippen molar-refractivity contribution in [3.63, 3.8) is 0 Å². The van der Waals surface area contributed by atoms with Gasteiger partial charge in [0.15, 0.2) is 5.78 Å². The number of aromatic nitrogens is 2. The van der Waals surface area contributed by atoms with E-state index in [1.165, 1.54) is 10.7 Å². The van der Waals surface area contributed by atoms with E-state index in [2.05, 4.69) is 10.4 Å². The molecule has 3 rings (SSSR count). The maximum atomic E-state index is 12.9. The molecule has 0 spiro atoms. The molecule has 144 valence electrons. The molecule has 0 aliphatic heterocycles. The van der Waals surface area contributed by atoms with Crippen LogP contribution in [0, 0.1) is 13.8 Å². The highest BCUT2D eigenvalue weighted by Crippen LogP contribution is 2.27. The molecule has 1 N–H and O–H groups in total. The molecule has 0 bridgehead atoms. The number of halogens is 2. The van der Waals surface area contributed by atoms with Crippen LogP contribution in [-0.4, -0.2) is 21.7 Å². The van der Waals surface area contributed by atoms with Crippen molar-refractivity contribution < 1.29 is 14.3 Å². The van der Waals surface area contributed by atoms with Gasteiger partial charge in [-0.05, 0) is 32.0 Å². The van der Waals surface area contributed by atoms with Crippen LogP contribution in [-0.2, 0) is 7.05 Å². The lowest BCUT2D eigenvalue weighted by Crippen LogP contribution is -2.19. The van der Waals surface area contributed by atoms with E-state index in [9.17, 15) is 9.59 Å². The molecule has 3 aromatic rings. The van der Waals surface area contributed by atoms with Gasteiger partial charge in [-0.25, -0.2) is 9.48 Å². The molecule has 28 heavy (non-hydrogen) atoms. The van der Waals surface area contributed by atoms with Gasteiger partial charge in [-0.3, -0.25) is 10.1 Å². The summed E-state index contributed by atoms with van der Waals surface area (Å²) in [7, 11) is 1.60. The van der Waals surface area contributed by atoms with Gasteiger partial charge in [0.2, 0.25) is 5.88 Å². The van der Waals surface area contributed by atoms with Crippen molar-refractivity contribution >= 4 is 40.8 Å². The highest BCUT2D eigenvalue weighted by molar-refractivity contribution is 6.42. The molecule has 0 saturated carbocycles. The van der Waals surface area contributed by atoms with Crippen LogP contribution in [0.4, 0.5) is 10.5 Å². The van der Waals surface area contributed by atoms with Crippen LogP contribution in [0.5, 0.6) is 5.88 Å². The van der Waals surface area contributed by atoms with Gasteiger partial charge in [0.05, 0.1) is 15.7 Å². The average Bonchev–Trinajstić information content (AvgIpc) is 2.91. The number of ether oxygens (including phenoxy) is 1. The number of carbonyl (C=O) groups excluding carboxylic acids is 2. The van der Waals surface area contributed by atoms with Crippen LogP contribution in [0.15, 0.2) is 42.5 Å². The summed E-state index contributed by atoms with van der Waals surface area (Å²) in [6, 6.07) is 11.8. The van der Waals surface area contributed by atoms with E-state index in [1.54, 1.807) is 38.2 Å². The Bertz CT molecular complexity index is 1060. The molecular formula is C20H17Cl2N3O3. The van der Waals surface area contributed by atoms with Crippen molar-refractivity contribution in [1.29, 1.82) is 0 Å². The molecule has 1 amide bonds. The maximum absolute atomic E-state index is 12.9. The fraction of sp³-hybridized carbons (Fsp3) is 0.150. The first-order valence-electron chi connectivity index (χ1n) is 8.35. The molecule has 0 saturated heterocycles. The summed E-state index contributed by atoms with van der Waals surface area (Å²) in [6.45, 7) is 3.62. The van der Waals surface area contributed by atoms with Crippen molar-refractivity contribution in [2.45, 2.75) is 13.8 Å². The van der Waals surface area contributed by atoms with Gasteiger partial charge in [-0.2, -0.15) is 5.10 Å². The van der Waals surface area contributed by atoms with E-state index >= 15 is 0 Å². The van der Waals surface area contributed by atoms with Gasteiger partial charge in [0.25, 0.3) is 0 Å². The number of rotatable bonds is 4. The zero-order valence-corrected chi connectivity index (χ0v) is 16.9. The maximum Gasteiger partial charge on any atom is 0.418 e. The number of carbonyl (C=O) groups is 2. The van der Waals surface area contributed by atoms with Crippen LogP contribution < -0.4 is 10.1 Å². The minimum atomic E-state index is -0.778. The third-order valence-electron chi connectivity index (χ3n) is 4.07. The molecule has 0 aliphatic rings. The predicted octanol–water partition coefficient (Wildman–Crippen LogP) is 5.19. The number of nitrogens with zero attached hydrogens (tertiary/aromatic N) is 2. The van der Waals surface area contributed by atoms with E-state index in [1.807, 2.05) is 19.1 Å². The number of anilines is 1. The molecule has 1 heterocycles. The number of hydrogen-bond acceptors (Lipinski definition) is 4. The van der Waals surface area contributed by atoms with E-state index < -0.39 is 6.09 Å². The molecule has 0 aliphatic carbocycles. The van der Waals surface area contributed by atoms with Crippen LogP contribution in [0.25, 0.3) is 0 Å². The third-order valence-corrected chi connectivity index (χ3v) is 4.80. The molecule has 8 heteroatoms. The monoisotopic (exact) mass is 417 g/mol. The smallest absolute Gasteiger partial charge is 0.390 e. The molecule has 0 unspecified atom stereocenters. The topological polar surface area (TPSA) is 73.2 Å². The van der Waals surface area contributed by atoms with Crippen molar-refractivity contribution in [2.24, 2.45) is 7.05 Å². The molecule has 0 atom stereocenters. The van der Waals surface area contributed by atoms with Crippen molar-refractivity contribution in [3.05, 3.63) is 74.9 Å². The molecule has 0 radical (unpaired) electrons. The molecule has 2 aromatic carbocycles. The summed E-state index contributed by atoms with van der Waals surface area (Å²) >= 11 is 11.8. The number of nitrogens with one attached hydrogen (secondary N) is 1. The largest absolute Gasteiger partial charge is 0.418 e. The van der Waals surface area contributed by atoms with Crippen LogP contribution in [0.3, 0.4) is 0 Å². The summed E-state index contributed by atoms with van der Waals surface area (Å²) in [5.41, 5.74) is 2.62. The van der Waals surface area contributed by atoms with Crippen molar-refractivity contribution in [2.75, 3.05) is 5.32 Å². The fourth-order valence-corrected chi connectivity index (χ4v) is 2.97. The van der Waals surface area contributed by atoms with Gasteiger partial charge >= 0.3 is 6.09 Å². The Balaban J connectivity index is 1.86. The standard InChI is InChI=1S/C20H17Cl2N3O3/c1-11-4-6-13(7-5-11)18(26)17-12(2)24-25(3)19(17)28-20(27)23-14-8-9-15(21)16(22)10-14/h4-10H,1-3H3,(H,23,27). The second-order valence-electron chi connectivity index (χ2n) is 6.23. The molecule has 0 fully saturated rings. The summed E-state index contributed by atoms with van der Waals surface area (Å²) in [5.74, 6) is -0.219. The van der Waals surface area contributed by atoms with Gasteiger partial charge in [0.1, 0.15) is 5.56 Å². The lowest BCUT2D eigenvalue weighted by atomic mass is 10.0. The summed E-state index contributed by atoms with van der Waals surface area (Å²) in [6.07, 6.45) is -0.778. The number of amides is 1. The Morgan fingerprint density at radius 2 is 1.71 bits per heavy atom. The number of hydrogen-bond donors (Lipinski definition) is 1. The predicted molar refractivity (Wildman–Crippen MR) is 109 cm³/mol. The Morgan fingerprint density at radius 1 is 1.04 bits per heavy atom. The number of aryl methyl sites for hydroxylation is 3. The summed E-state index contributed by atoms with van der Waals surface area (Å²) in [4.78, 5) is 25.3. The minimum absolute atomic E-state index is 0.0561. The second kappa shape index (κ2) is 8.04. The molecular weight excluding hydrogens is 401 g/mol. The Hall–Kier alpha value is -2.83. The van der Waals surface area contributed by atoms with E-state index in [0.29, 0.717) is 27.0 Å². The van der Waals surface area contributed by atoms with Gasteiger partial charge in [-0.1, -0.05) is 53.0 Å². The average molecular weight is 418 g/mol. The Kier molecular flexibility index (Phi) is 5.72. The van der Waals surface area contributed by atoms with Crippen LogP contribution in [0.2, 0.25) is 10.0 Å². The fourth-order valence-electron chi connectivity index (χ4n) is 2.67. The SMILES string of the molecule is Cc1ccc(C(=O)c2c(C)nn(C)c2OC(=O)Nc2ccc(Cl)c(Cl)c2)cc1. The van der Waals surface area contributed by atoms with E-state index in [4.69, 9.17) is 27.9 Å². The highest BCUT2D eigenvalue weighted by atomic mass is 35.5. The van der Waals surface area contributed by atoms with Crippen LogP contribution in [0.1, 0.15) is 27.2 Å². The first-order chi connectivity index (χ1) is 13.3. The van der Waals surface area contributed by atoms with Crippen molar-refractivity contribution in [3.8, 4) is 5.88 Å². The quantitative estimate of drug-likeness (QED) is 0.593. The van der Waals surface area contributed by atoms with Gasteiger partial charge in [-0.15, -0.1) is 0 Å². The first-order valence-corrected chi connectivity index (χ1v) is 9.10. The van der Waals surface area contributed by atoms with E-state index in [0.717, 1.165) is 5.56 Å². The summed E-state index contributed by atoms with van der Waals surface area (Å²) < 4.78 is 6.74. The highest BCUT2D eigenvalue weighted by Gasteiger charge is 2.25. The molecule has 1 aromatic heterocycles. The lowest BCUT2D eigenvalue weighted by molar-refractivity contribution is 0.103. The third kappa shape index (κ3) is 4.18. The lowest BCUT2D eigenvalue weighted by Gasteiger charge is -2.09. The summed E-state index contributed by atoms with van der Waals surface area (Å²) in [5, 5.41) is 7.43.